The van der Waals surface area contributed by atoms with Gasteiger partial charge in [0.05, 0.1) is 26.6 Å². The largest absolute Gasteiger partial charge is 0.508 e. The van der Waals surface area contributed by atoms with E-state index in [1.54, 1.807) is 30.5 Å². The fourth-order valence-corrected chi connectivity index (χ4v) is 10.7. The zero-order chi connectivity index (χ0) is 58.1. The van der Waals surface area contributed by atoms with Gasteiger partial charge in [-0.15, -0.1) is 0 Å². The van der Waals surface area contributed by atoms with Crippen molar-refractivity contribution in [1.29, 1.82) is 0 Å². The second-order valence-corrected chi connectivity index (χ2v) is 21.3. The minimum Gasteiger partial charge on any atom is -0.508 e. The van der Waals surface area contributed by atoms with Gasteiger partial charge in [0.1, 0.15) is 47.2 Å². The number of rotatable bonds is 14. The van der Waals surface area contributed by atoms with Gasteiger partial charge in [0.2, 0.25) is 23.6 Å². The number of amides is 2. The van der Waals surface area contributed by atoms with Crippen molar-refractivity contribution in [2.75, 3.05) is 19.5 Å². The zero-order valence-electron chi connectivity index (χ0n) is 45.9. The number of nitrogens with one attached hydrogen (secondary N) is 4. The van der Waals surface area contributed by atoms with Crippen LogP contribution in [0.25, 0.3) is 22.2 Å². The minimum absolute atomic E-state index is 0. The third kappa shape index (κ3) is 11.5. The summed E-state index contributed by atoms with van der Waals surface area (Å²) in [5.41, 5.74) is 4.05. The van der Waals surface area contributed by atoms with E-state index in [0.717, 1.165) is 16.7 Å². The number of oxazole rings is 2. The summed E-state index contributed by atoms with van der Waals surface area (Å²) in [6, 6.07) is 28.5. The summed E-state index contributed by atoms with van der Waals surface area (Å²) in [6.07, 6.45) is 1.33. The third-order valence-corrected chi connectivity index (χ3v) is 15.0. The van der Waals surface area contributed by atoms with Crippen molar-refractivity contribution in [3.63, 3.8) is 0 Å². The molecule has 3 aromatic heterocycles. The van der Waals surface area contributed by atoms with Crippen molar-refractivity contribution in [3.05, 3.63) is 184 Å². The molecule has 83 heavy (non-hydrogen) atoms. The van der Waals surface area contributed by atoms with Crippen molar-refractivity contribution in [2.45, 2.75) is 91.6 Å². The number of aromatic nitrogens is 3. The predicted octanol–water partition coefficient (Wildman–Crippen LogP) is 11.0. The molecule has 20 heteroatoms. The SMILES string of the molecule is C.COC(=O)c1nc([C@@H](NC(=O)[C@@H](CC(=O)OCc2ccccc2)Cc2ccc(O)cc2)C(C)C)oc1-c1c[nH]c2ccc(F)cc12.COC(=O)c1nc2oc1[C@@]13c4cc(F)ccc4N[C@@H]1Oc1ccc(cc13)C[C@H](C)C(=O)N[C@H]2C(C)C. The van der Waals surface area contributed by atoms with E-state index in [2.05, 4.69) is 30.9 Å². The molecule has 0 unspecified atom stereocenters. The number of phenolic OH excluding ortho intramolecular Hbond substituents is 1. The number of nitrogens with zero attached hydrogens (tertiary/aromatic N) is 2. The molecular formula is C63H64F2N6O12. The van der Waals surface area contributed by atoms with Crippen LogP contribution < -0.4 is 20.7 Å². The van der Waals surface area contributed by atoms with Gasteiger partial charge in [0, 0.05) is 45.4 Å². The molecule has 432 valence electrons. The number of fused-ring (bicyclic) bond motifs is 5. The summed E-state index contributed by atoms with van der Waals surface area (Å²) in [4.78, 5) is 77.8. The van der Waals surface area contributed by atoms with Crippen LogP contribution in [0.3, 0.4) is 0 Å². The number of hydrogen-bond donors (Lipinski definition) is 5. The first-order chi connectivity index (χ1) is 39.4. The number of ether oxygens (including phenoxy) is 4. The van der Waals surface area contributed by atoms with E-state index in [1.165, 1.54) is 50.6 Å². The number of hydrogen-bond acceptors (Lipinski definition) is 15. The number of benzene rings is 5. The number of aromatic amines is 1. The number of H-pyrrole nitrogens is 1. The highest BCUT2D eigenvalue weighted by molar-refractivity contribution is 6.01. The maximum absolute atomic E-state index is 14.7. The Bertz CT molecular complexity index is 3730. The average molecular weight is 1140 g/mol. The molecule has 6 heterocycles. The van der Waals surface area contributed by atoms with Gasteiger partial charge in [-0.3, -0.25) is 14.4 Å². The van der Waals surface area contributed by atoms with Gasteiger partial charge in [-0.1, -0.05) is 96.6 Å². The number of esters is 3. The van der Waals surface area contributed by atoms with Crippen LogP contribution in [0.4, 0.5) is 14.5 Å². The first kappa shape index (κ1) is 58.3. The highest BCUT2D eigenvalue weighted by atomic mass is 19.1. The van der Waals surface area contributed by atoms with Gasteiger partial charge in [0.25, 0.3) is 0 Å². The molecule has 3 aliphatic heterocycles. The molecule has 4 bridgehead atoms. The quantitative estimate of drug-likeness (QED) is 0.0502. The second-order valence-electron chi connectivity index (χ2n) is 21.3. The van der Waals surface area contributed by atoms with Crippen LogP contribution in [0.1, 0.15) is 127 Å². The van der Waals surface area contributed by atoms with Crippen LogP contribution in [0.2, 0.25) is 0 Å². The maximum atomic E-state index is 14.7. The predicted molar refractivity (Wildman–Crippen MR) is 301 cm³/mol. The third-order valence-electron chi connectivity index (χ3n) is 15.0. The van der Waals surface area contributed by atoms with Crippen LogP contribution in [0, 0.1) is 35.3 Å². The Morgan fingerprint density at radius 2 is 1.53 bits per heavy atom. The Hall–Kier alpha value is -9.33. The fourth-order valence-electron chi connectivity index (χ4n) is 10.7. The molecule has 0 radical (unpaired) electrons. The smallest absolute Gasteiger partial charge is 0.360 e. The topological polar surface area (TPSA) is 246 Å². The lowest BCUT2D eigenvalue weighted by atomic mass is 9.72. The van der Waals surface area contributed by atoms with Crippen LogP contribution in [0.15, 0.2) is 124 Å². The Labute approximate surface area is 477 Å². The molecule has 0 aliphatic carbocycles. The maximum Gasteiger partial charge on any atom is 0.360 e. The van der Waals surface area contributed by atoms with Crippen LogP contribution in [0.5, 0.6) is 11.5 Å². The van der Waals surface area contributed by atoms with E-state index in [1.807, 2.05) is 83.1 Å². The van der Waals surface area contributed by atoms with E-state index in [-0.39, 0.29) is 91.0 Å². The number of aromatic hydroxyl groups is 1. The Balaban J connectivity index is 0.000000202. The van der Waals surface area contributed by atoms with Crippen LogP contribution >= 0.6 is 0 Å². The van der Waals surface area contributed by atoms with Gasteiger partial charge in [-0.05, 0) is 96.0 Å². The molecule has 0 fully saturated rings. The number of phenols is 1. The molecule has 0 saturated heterocycles. The molecule has 5 aromatic carbocycles. The molecule has 5 N–H and O–H groups in total. The molecule has 3 aliphatic rings. The zero-order valence-corrected chi connectivity index (χ0v) is 45.9. The highest BCUT2D eigenvalue weighted by Crippen LogP contribution is 2.59. The minimum atomic E-state index is -1.20. The molecule has 18 nitrogen and oxygen atoms in total. The van der Waals surface area contributed by atoms with Gasteiger partial charge in [0.15, 0.2) is 29.1 Å². The number of carbonyl (C=O) groups excluding carboxylic acids is 5. The highest BCUT2D eigenvalue weighted by Gasteiger charge is 2.61. The van der Waals surface area contributed by atoms with Crippen molar-refractivity contribution in [1.82, 2.24) is 25.6 Å². The first-order valence-electron chi connectivity index (χ1n) is 26.8. The van der Waals surface area contributed by atoms with Gasteiger partial charge >= 0.3 is 17.9 Å². The second kappa shape index (κ2) is 24.0. The van der Waals surface area contributed by atoms with Crippen molar-refractivity contribution in [3.8, 4) is 22.8 Å². The normalized spacial score (nSPS) is 18.1. The summed E-state index contributed by atoms with van der Waals surface area (Å²) in [6.45, 7) is 9.49. The standard InChI is InChI=1S/C35H34FN3O7.C27H26FN3O5.CH4/c1-20(2)30(34-39-31(35(43)44-3)32(46-34)27-18-37-28-14-11-24(36)17-26(27)28)38-33(42)23(15-21-9-12-25(40)13-10-21)16-29(41)45-19-22-7-5-4-6-8-22;1-12(2)20-24-31-21(25(33)34-4)22(36-24)27-16-11-15(28)6-7-18(16)29-26(27)35-19-8-5-14(10-17(19)27)9-13(3)23(32)30-20;/h4-14,17-18,20,23,30,37,40H,15-16,19H2,1-3H3,(H,38,42);5-8,10-13,20,26,29H,9H2,1-4H3,(H,30,32);1H4/t23-,30+;13-,20-,26+,27-;/m10./s1. The molecule has 8 aromatic rings. The van der Waals surface area contributed by atoms with E-state index < -0.39 is 65.1 Å². The average Bonchev–Trinajstić information content (AvgIpc) is 1.72. The molecule has 0 saturated carbocycles. The summed E-state index contributed by atoms with van der Waals surface area (Å²) in [7, 11) is 2.48. The van der Waals surface area contributed by atoms with Gasteiger partial charge in [-0.25, -0.2) is 28.3 Å². The van der Waals surface area contributed by atoms with E-state index in [9.17, 15) is 37.9 Å². The summed E-state index contributed by atoms with van der Waals surface area (Å²) < 4.78 is 63.3. The Morgan fingerprint density at radius 1 is 0.819 bits per heavy atom. The van der Waals surface area contributed by atoms with Crippen molar-refractivity contribution in [2.24, 2.45) is 23.7 Å². The monoisotopic (exact) mass is 1130 g/mol. The van der Waals surface area contributed by atoms with Crippen molar-refractivity contribution < 1.29 is 65.6 Å². The van der Waals surface area contributed by atoms with Gasteiger partial charge < -0.3 is 53.8 Å². The first-order valence-corrected chi connectivity index (χ1v) is 26.8. The molecule has 1 spiro atoms. The van der Waals surface area contributed by atoms with Crippen molar-refractivity contribution >= 4 is 46.3 Å². The van der Waals surface area contributed by atoms with E-state index in [4.69, 9.17) is 27.8 Å². The van der Waals surface area contributed by atoms with E-state index >= 15 is 0 Å². The number of halogens is 2. The lowest BCUT2D eigenvalue weighted by Gasteiger charge is -2.28. The molecule has 11 rings (SSSR count). The lowest BCUT2D eigenvalue weighted by molar-refractivity contribution is -0.148. The van der Waals surface area contributed by atoms with Crippen LogP contribution in [-0.2, 0) is 53.5 Å². The summed E-state index contributed by atoms with van der Waals surface area (Å²) in [5.74, 6) is -3.93. The summed E-state index contributed by atoms with van der Waals surface area (Å²) >= 11 is 0. The fraction of sp³-hybridized carbons (Fsp3) is 0.317. The number of anilines is 1. The Morgan fingerprint density at radius 3 is 2.24 bits per heavy atom. The van der Waals surface area contributed by atoms with E-state index in [0.29, 0.717) is 45.5 Å². The Kier molecular flexibility index (Phi) is 16.9. The lowest BCUT2D eigenvalue weighted by Crippen LogP contribution is -2.41. The number of methoxy groups -OCH3 is 2. The molecule has 2 amide bonds. The molecule has 6 atom stereocenters. The van der Waals surface area contributed by atoms with Gasteiger partial charge in [-0.2, -0.15) is 0 Å². The van der Waals surface area contributed by atoms with Crippen LogP contribution in [-0.4, -0.2) is 70.2 Å². The summed E-state index contributed by atoms with van der Waals surface area (Å²) in [5, 5.41) is 19.5. The number of carbonyl (C=O) groups is 5. The molecular weight excluding hydrogens is 1070 g/mol.